The second kappa shape index (κ2) is 7.15. The van der Waals surface area contributed by atoms with E-state index in [0.29, 0.717) is 12.6 Å². The van der Waals surface area contributed by atoms with Crippen molar-refractivity contribution in [1.29, 1.82) is 0 Å². The molecule has 2 aliphatic rings. The van der Waals surface area contributed by atoms with E-state index in [1.54, 1.807) is 0 Å². The molecule has 4 atom stereocenters. The minimum absolute atomic E-state index is 0.0212. The van der Waals surface area contributed by atoms with Crippen LogP contribution >= 0.6 is 0 Å². The fourth-order valence-corrected chi connectivity index (χ4v) is 3.07. The van der Waals surface area contributed by atoms with Crippen LogP contribution in [-0.2, 0) is 4.74 Å². The topological polar surface area (TPSA) is 68.2 Å². The van der Waals surface area contributed by atoms with E-state index in [4.69, 9.17) is 4.74 Å². The van der Waals surface area contributed by atoms with E-state index in [1.807, 2.05) is 0 Å². The molecule has 0 spiro atoms. The molecule has 2 aliphatic heterocycles. The highest BCUT2D eigenvalue weighted by atomic mass is 16.5. The minimum Gasteiger partial charge on any atom is -0.394 e. The lowest BCUT2D eigenvalue weighted by atomic mass is 10.0. The average molecular weight is 287 g/mol. The molecule has 4 unspecified atom stereocenters. The van der Waals surface area contributed by atoms with Gasteiger partial charge in [0.1, 0.15) is 12.2 Å². The molecule has 0 saturated carbocycles. The Kier molecular flexibility index (Phi) is 5.77. The van der Waals surface area contributed by atoms with Gasteiger partial charge in [-0.25, -0.2) is 0 Å². The molecular weight excluding hydrogens is 258 g/mol. The van der Waals surface area contributed by atoms with Crippen molar-refractivity contribution in [3.05, 3.63) is 0 Å². The number of hydrogen-bond donors (Lipinski definition) is 3. The quantitative estimate of drug-likeness (QED) is 0.585. The van der Waals surface area contributed by atoms with E-state index in [2.05, 4.69) is 36.0 Å². The van der Waals surface area contributed by atoms with Gasteiger partial charge in [-0.05, 0) is 7.05 Å². The van der Waals surface area contributed by atoms with Gasteiger partial charge in [0.25, 0.3) is 0 Å². The zero-order chi connectivity index (χ0) is 14.7. The van der Waals surface area contributed by atoms with Gasteiger partial charge in [0.05, 0.1) is 18.8 Å². The summed E-state index contributed by atoms with van der Waals surface area (Å²) in [4.78, 5) is 4.61. The lowest BCUT2D eigenvalue weighted by molar-refractivity contribution is -0.0216. The Morgan fingerprint density at radius 3 is 2.40 bits per heavy atom. The van der Waals surface area contributed by atoms with Gasteiger partial charge in [-0.1, -0.05) is 13.8 Å². The van der Waals surface area contributed by atoms with Gasteiger partial charge in [0.2, 0.25) is 0 Å². The Balaban J connectivity index is 2.00. The van der Waals surface area contributed by atoms with Crippen molar-refractivity contribution >= 4 is 0 Å². The maximum absolute atomic E-state index is 10.4. The van der Waals surface area contributed by atoms with Crippen LogP contribution in [-0.4, -0.2) is 96.8 Å². The number of ether oxygens (including phenoxy) is 1. The summed E-state index contributed by atoms with van der Waals surface area (Å²) in [5, 5.41) is 23.2. The minimum atomic E-state index is -0.609. The van der Waals surface area contributed by atoms with Crippen LogP contribution in [0.3, 0.4) is 0 Å². The van der Waals surface area contributed by atoms with Crippen LogP contribution in [0.15, 0.2) is 0 Å². The molecule has 20 heavy (non-hydrogen) atoms. The van der Waals surface area contributed by atoms with E-state index >= 15 is 0 Å². The highest BCUT2D eigenvalue weighted by Crippen LogP contribution is 2.26. The van der Waals surface area contributed by atoms with E-state index in [9.17, 15) is 10.2 Å². The van der Waals surface area contributed by atoms with Crippen LogP contribution in [0.25, 0.3) is 0 Å². The largest absolute Gasteiger partial charge is 0.394 e. The molecule has 0 aliphatic carbocycles. The van der Waals surface area contributed by atoms with Crippen molar-refractivity contribution in [2.75, 3.05) is 46.4 Å². The summed E-state index contributed by atoms with van der Waals surface area (Å²) in [6.07, 6.45) is -1.13. The number of rotatable bonds is 5. The number of nitrogens with zero attached hydrogens (tertiary/aromatic N) is 2. The molecule has 0 aromatic carbocycles. The second-order valence-electron chi connectivity index (χ2n) is 6.28. The molecule has 2 fully saturated rings. The Bertz CT molecular complexity index is 295. The van der Waals surface area contributed by atoms with Gasteiger partial charge in [0, 0.05) is 38.8 Å². The molecular formula is C14H29N3O3. The summed E-state index contributed by atoms with van der Waals surface area (Å²) in [6.45, 7) is 8.69. The Labute approximate surface area is 121 Å². The van der Waals surface area contributed by atoms with Crippen LogP contribution in [0.2, 0.25) is 0 Å². The summed E-state index contributed by atoms with van der Waals surface area (Å²) in [6, 6.07) is 0.365. The Morgan fingerprint density at radius 2 is 1.85 bits per heavy atom. The van der Waals surface area contributed by atoms with Gasteiger partial charge in [-0.2, -0.15) is 0 Å². The number of aliphatic hydroxyl groups is 2. The third-order valence-electron chi connectivity index (χ3n) is 4.33. The summed E-state index contributed by atoms with van der Waals surface area (Å²) in [7, 11) is 2.12. The lowest BCUT2D eigenvalue weighted by Crippen LogP contribution is -2.57. The number of aliphatic hydroxyl groups excluding tert-OH is 2. The first-order valence-electron chi connectivity index (χ1n) is 7.63. The molecule has 0 amide bonds. The molecule has 0 aromatic heterocycles. The van der Waals surface area contributed by atoms with Crippen LogP contribution in [0.5, 0.6) is 0 Å². The predicted octanol–water partition coefficient (Wildman–Crippen LogP) is -1.28. The number of hydrogen-bond acceptors (Lipinski definition) is 6. The van der Waals surface area contributed by atoms with E-state index in [-0.39, 0.29) is 18.8 Å². The number of nitrogens with one attached hydrogen (secondary N) is 1. The fourth-order valence-electron chi connectivity index (χ4n) is 3.07. The van der Waals surface area contributed by atoms with Gasteiger partial charge in [0.15, 0.2) is 0 Å². The maximum atomic E-state index is 10.4. The third-order valence-corrected chi connectivity index (χ3v) is 4.33. The lowest BCUT2D eigenvalue weighted by Gasteiger charge is -2.39. The highest BCUT2D eigenvalue weighted by molar-refractivity contribution is 4.98. The zero-order valence-corrected chi connectivity index (χ0v) is 12.8. The van der Waals surface area contributed by atoms with Crippen LogP contribution in [0.4, 0.5) is 0 Å². The number of piperazine rings is 1. The van der Waals surface area contributed by atoms with Crippen molar-refractivity contribution in [3.63, 3.8) is 0 Å². The summed E-state index contributed by atoms with van der Waals surface area (Å²) < 4.78 is 5.85. The molecule has 2 saturated heterocycles. The normalized spacial score (nSPS) is 36.9. The summed E-state index contributed by atoms with van der Waals surface area (Å²) in [5.41, 5.74) is 0. The number of likely N-dealkylation sites (N-methyl/N-ethyl adjacent to an activating group) is 1. The van der Waals surface area contributed by atoms with Crippen molar-refractivity contribution in [2.45, 2.75) is 44.2 Å². The standard InChI is InChI=1S/C14H29N3O3/c1-10(2)15-8-11-13(14(19)12(9-18)20-11)17-6-4-16(3)5-7-17/h10-15,18-19H,4-9H2,1-3H3. The smallest absolute Gasteiger partial charge is 0.109 e. The predicted molar refractivity (Wildman–Crippen MR) is 77.8 cm³/mol. The van der Waals surface area contributed by atoms with E-state index in [1.165, 1.54) is 0 Å². The van der Waals surface area contributed by atoms with Crippen molar-refractivity contribution in [1.82, 2.24) is 15.1 Å². The SMILES string of the molecule is CC(C)NCC1OC(CO)C(O)C1N1CCN(C)CC1. The first-order chi connectivity index (χ1) is 9.52. The fraction of sp³-hybridized carbons (Fsp3) is 1.00. The maximum Gasteiger partial charge on any atom is 0.109 e. The van der Waals surface area contributed by atoms with Gasteiger partial charge >= 0.3 is 0 Å². The summed E-state index contributed by atoms with van der Waals surface area (Å²) in [5.74, 6) is 0. The van der Waals surface area contributed by atoms with E-state index in [0.717, 1.165) is 26.2 Å². The van der Waals surface area contributed by atoms with Crippen molar-refractivity contribution < 1.29 is 14.9 Å². The highest BCUT2D eigenvalue weighted by Gasteiger charge is 2.46. The first-order valence-corrected chi connectivity index (χ1v) is 7.63. The molecule has 6 heteroatoms. The van der Waals surface area contributed by atoms with Gasteiger partial charge in [-0.3, -0.25) is 4.90 Å². The van der Waals surface area contributed by atoms with Gasteiger partial charge < -0.3 is 25.2 Å². The molecule has 3 N–H and O–H groups in total. The Hall–Kier alpha value is -0.240. The molecule has 118 valence electrons. The van der Waals surface area contributed by atoms with Crippen LogP contribution in [0, 0.1) is 0 Å². The molecule has 0 aromatic rings. The monoisotopic (exact) mass is 287 g/mol. The summed E-state index contributed by atoms with van der Waals surface area (Å²) >= 11 is 0. The molecule has 0 bridgehead atoms. The molecule has 0 radical (unpaired) electrons. The van der Waals surface area contributed by atoms with E-state index < -0.39 is 12.2 Å². The average Bonchev–Trinajstić information content (AvgIpc) is 2.74. The van der Waals surface area contributed by atoms with Gasteiger partial charge in [-0.15, -0.1) is 0 Å². The molecule has 6 nitrogen and oxygen atoms in total. The first kappa shape index (κ1) is 16.1. The third kappa shape index (κ3) is 3.69. The van der Waals surface area contributed by atoms with Crippen molar-refractivity contribution in [2.24, 2.45) is 0 Å². The molecule has 2 rings (SSSR count). The van der Waals surface area contributed by atoms with Crippen LogP contribution < -0.4 is 5.32 Å². The zero-order valence-electron chi connectivity index (χ0n) is 12.8. The second-order valence-corrected chi connectivity index (χ2v) is 6.28. The van der Waals surface area contributed by atoms with Crippen molar-refractivity contribution in [3.8, 4) is 0 Å². The molecule has 2 heterocycles. The van der Waals surface area contributed by atoms with Crippen LogP contribution in [0.1, 0.15) is 13.8 Å². The Morgan fingerprint density at radius 1 is 1.20 bits per heavy atom.